The quantitative estimate of drug-likeness (QED) is 0.774. The van der Waals surface area contributed by atoms with E-state index in [4.69, 9.17) is 5.73 Å². The van der Waals surface area contributed by atoms with Gasteiger partial charge in [0.15, 0.2) is 5.82 Å². The van der Waals surface area contributed by atoms with Gasteiger partial charge in [0, 0.05) is 11.8 Å². The summed E-state index contributed by atoms with van der Waals surface area (Å²) in [4.78, 5) is 7.63. The summed E-state index contributed by atoms with van der Waals surface area (Å²) in [5.74, 6) is 0.524. The molecule has 0 bridgehead atoms. The fourth-order valence-electron chi connectivity index (χ4n) is 1.27. The molecule has 18 heavy (non-hydrogen) atoms. The van der Waals surface area contributed by atoms with Gasteiger partial charge in [-0.25, -0.2) is 4.98 Å². The number of H-pyrrole nitrogens is 1. The normalized spacial score (nSPS) is 11.5. The van der Waals surface area contributed by atoms with E-state index in [1.165, 1.54) is 12.3 Å². The third-order valence-electron chi connectivity index (χ3n) is 2.01. The van der Waals surface area contributed by atoms with Crippen LogP contribution < -0.4 is 11.1 Å². The van der Waals surface area contributed by atoms with Crippen LogP contribution in [-0.2, 0) is 0 Å². The van der Waals surface area contributed by atoms with E-state index in [0.29, 0.717) is 11.4 Å². The molecule has 0 aliphatic rings. The summed E-state index contributed by atoms with van der Waals surface area (Å²) in [5.41, 5.74) is 5.88. The Morgan fingerprint density at radius 3 is 2.78 bits per heavy atom. The van der Waals surface area contributed by atoms with Crippen LogP contribution in [0.3, 0.4) is 0 Å². The number of alkyl halides is 3. The van der Waals surface area contributed by atoms with Gasteiger partial charge in [0.05, 0.1) is 0 Å². The second-order valence-corrected chi connectivity index (χ2v) is 3.44. The Labute approximate surface area is 99.4 Å². The van der Waals surface area contributed by atoms with Gasteiger partial charge in [-0.3, -0.25) is 5.10 Å². The molecule has 0 unspecified atom stereocenters. The van der Waals surface area contributed by atoms with Crippen molar-refractivity contribution in [3.8, 4) is 11.4 Å². The van der Waals surface area contributed by atoms with Gasteiger partial charge < -0.3 is 11.1 Å². The van der Waals surface area contributed by atoms with Gasteiger partial charge in [-0.15, -0.1) is 5.10 Å². The van der Waals surface area contributed by atoms with Crippen molar-refractivity contribution in [3.63, 3.8) is 0 Å². The zero-order chi connectivity index (χ0) is 13.2. The number of anilines is 2. The first-order chi connectivity index (χ1) is 8.44. The Morgan fingerprint density at radius 2 is 2.17 bits per heavy atom. The highest BCUT2D eigenvalue weighted by Crippen LogP contribution is 2.19. The SMILES string of the molecule is Nc1n[nH]c(-c2ccnc(NCC(F)(F)F)c2)n1. The lowest BCUT2D eigenvalue weighted by atomic mass is 10.2. The van der Waals surface area contributed by atoms with Crippen molar-refractivity contribution in [1.82, 2.24) is 20.2 Å². The van der Waals surface area contributed by atoms with Crippen LogP contribution in [0, 0.1) is 0 Å². The van der Waals surface area contributed by atoms with E-state index in [0.717, 1.165) is 0 Å². The second-order valence-electron chi connectivity index (χ2n) is 3.44. The summed E-state index contributed by atoms with van der Waals surface area (Å²) >= 11 is 0. The lowest BCUT2D eigenvalue weighted by Crippen LogP contribution is -2.21. The number of nitrogen functional groups attached to an aromatic ring is 1. The molecule has 9 heteroatoms. The van der Waals surface area contributed by atoms with Gasteiger partial charge in [-0.1, -0.05) is 0 Å². The molecule has 0 aliphatic carbocycles. The van der Waals surface area contributed by atoms with E-state index in [-0.39, 0.29) is 11.8 Å². The molecule has 0 aromatic carbocycles. The van der Waals surface area contributed by atoms with Gasteiger partial charge in [-0.05, 0) is 12.1 Å². The Hall–Kier alpha value is -2.32. The Morgan fingerprint density at radius 1 is 1.39 bits per heavy atom. The molecule has 0 radical (unpaired) electrons. The molecular formula is C9H9F3N6. The maximum Gasteiger partial charge on any atom is 0.405 e. The van der Waals surface area contributed by atoms with E-state index < -0.39 is 12.7 Å². The van der Waals surface area contributed by atoms with Crippen LogP contribution in [0.25, 0.3) is 11.4 Å². The van der Waals surface area contributed by atoms with E-state index >= 15 is 0 Å². The number of hydrogen-bond acceptors (Lipinski definition) is 5. The van der Waals surface area contributed by atoms with Gasteiger partial charge >= 0.3 is 6.18 Å². The van der Waals surface area contributed by atoms with E-state index in [2.05, 4.69) is 25.5 Å². The predicted molar refractivity (Wildman–Crippen MR) is 58.6 cm³/mol. The van der Waals surface area contributed by atoms with Crippen LogP contribution in [0.1, 0.15) is 0 Å². The van der Waals surface area contributed by atoms with Crippen LogP contribution >= 0.6 is 0 Å². The first-order valence-electron chi connectivity index (χ1n) is 4.89. The molecule has 2 aromatic rings. The molecule has 4 N–H and O–H groups in total. The monoisotopic (exact) mass is 258 g/mol. The number of rotatable bonds is 3. The summed E-state index contributed by atoms with van der Waals surface area (Å²) in [7, 11) is 0. The molecule has 96 valence electrons. The number of aromatic nitrogens is 4. The van der Waals surface area contributed by atoms with Crippen molar-refractivity contribution in [2.75, 3.05) is 17.6 Å². The lowest BCUT2D eigenvalue weighted by Gasteiger charge is -2.08. The van der Waals surface area contributed by atoms with Crippen LogP contribution in [0.5, 0.6) is 0 Å². The summed E-state index contributed by atoms with van der Waals surface area (Å²) in [6, 6.07) is 3.00. The van der Waals surface area contributed by atoms with Crippen LogP contribution in [0.2, 0.25) is 0 Å². The molecule has 2 aromatic heterocycles. The number of pyridine rings is 1. The van der Waals surface area contributed by atoms with Crippen LogP contribution in [0.15, 0.2) is 18.3 Å². The number of nitrogens with two attached hydrogens (primary N) is 1. The van der Waals surface area contributed by atoms with Gasteiger partial charge in [-0.2, -0.15) is 18.2 Å². The maximum atomic E-state index is 12.0. The summed E-state index contributed by atoms with van der Waals surface area (Å²) in [5, 5.41) is 8.36. The molecule has 0 atom stereocenters. The zero-order valence-electron chi connectivity index (χ0n) is 8.99. The van der Waals surface area contributed by atoms with Crippen LogP contribution in [0.4, 0.5) is 24.9 Å². The number of halogens is 3. The van der Waals surface area contributed by atoms with E-state index in [9.17, 15) is 13.2 Å². The molecule has 0 saturated heterocycles. The van der Waals surface area contributed by atoms with Gasteiger partial charge in [0.25, 0.3) is 0 Å². The molecule has 2 rings (SSSR count). The minimum atomic E-state index is -4.30. The molecule has 0 amide bonds. The van der Waals surface area contributed by atoms with Crippen molar-refractivity contribution in [3.05, 3.63) is 18.3 Å². The molecule has 0 aliphatic heterocycles. The average Bonchev–Trinajstić information content (AvgIpc) is 2.73. The number of nitrogens with zero attached hydrogens (tertiary/aromatic N) is 3. The Kier molecular flexibility index (Phi) is 3.04. The van der Waals surface area contributed by atoms with Crippen molar-refractivity contribution in [1.29, 1.82) is 0 Å². The first-order valence-corrected chi connectivity index (χ1v) is 4.89. The second kappa shape index (κ2) is 4.51. The van der Waals surface area contributed by atoms with Crippen molar-refractivity contribution in [2.45, 2.75) is 6.18 Å². The van der Waals surface area contributed by atoms with E-state index in [1.807, 2.05) is 0 Å². The third kappa shape index (κ3) is 3.09. The molecule has 0 fully saturated rings. The molecular weight excluding hydrogens is 249 g/mol. The molecule has 2 heterocycles. The Bertz CT molecular complexity index is 535. The number of nitrogens with one attached hydrogen (secondary N) is 2. The minimum Gasteiger partial charge on any atom is -0.366 e. The first kappa shape index (κ1) is 12.1. The highest BCUT2D eigenvalue weighted by atomic mass is 19.4. The largest absolute Gasteiger partial charge is 0.405 e. The summed E-state index contributed by atoms with van der Waals surface area (Å²) in [6.45, 7) is -1.15. The van der Waals surface area contributed by atoms with Crippen molar-refractivity contribution < 1.29 is 13.2 Å². The molecule has 6 nitrogen and oxygen atoms in total. The highest BCUT2D eigenvalue weighted by molar-refractivity contribution is 5.59. The van der Waals surface area contributed by atoms with Gasteiger partial charge in [0.2, 0.25) is 5.95 Å². The molecule has 0 saturated carbocycles. The average molecular weight is 258 g/mol. The van der Waals surface area contributed by atoms with Crippen molar-refractivity contribution in [2.24, 2.45) is 0 Å². The Balaban J connectivity index is 2.15. The number of aromatic amines is 1. The number of hydrogen-bond donors (Lipinski definition) is 3. The zero-order valence-corrected chi connectivity index (χ0v) is 8.99. The lowest BCUT2D eigenvalue weighted by molar-refractivity contribution is -0.115. The summed E-state index contributed by atoms with van der Waals surface area (Å²) < 4.78 is 36.1. The van der Waals surface area contributed by atoms with Crippen molar-refractivity contribution >= 4 is 11.8 Å². The van der Waals surface area contributed by atoms with Gasteiger partial charge in [0.1, 0.15) is 12.4 Å². The van der Waals surface area contributed by atoms with Crippen LogP contribution in [-0.4, -0.2) is 32.9 Å². The third-order valence-corrected chi connectivity index (χ3v) is 2.01. The maximum absolute atomic E-state index is 12.0. The predicted octanol–water partition coefficient (Wildman–Crippen LogP) is 1.42. The molecule has 0 spiro atoms. The highest BCUT2D eigenvalue weighted by Gasteiger charge is 2.26. The fourth-order valence-corrected chi connectivity index (χ4v) is 1.27. The minimum absolute atomic E-state index is 0.0617. The summed E-state index contributed by atoms with van der Waals surface area (Å²) in [6.07, 6.45) is -2.93. The topological polar surface area (TPSA) is 92.5 Å². The van der Waals surface area contributed by atoms with E-state index in [1.54, 1.807) is 6.07 Å². The fraction of sp³-hybridized carbons (Fsp3) is 0.222. The standard InChI is InChI=1S/C9H9F3N6/c10-9(11,12)4-15-6-3-5(1-2-14-6)7-16-8(13)18-17-7/h1-3H,4H2,(H,14,15)(H3,13,16,17,18). The smallest absolute Gasteiger partial charge is 0.366 e.